The van der Waals surface area contributed by atoms with E-state index in [9.17, 15) is 14.4 Å². The van der Waals surface area contributed by atoms with E-state index in [1.165, 1.54) is 36.7 Å². The zero-order chi connectivity index (χ0) is 24.1. The average molecular weight is 494 g/mol. The number of ether oxygens (including phenoxy) is 2. The van der Waals surface area contributed by atoms with Crippen LogP contribution < -0.4 is 14.8 Å². The molecule has 4 aromatic rings. The van der Waals surface area contributed by atoms with Crippen molar-refractivity contribution >= 4 is 50.3 Å². The number of para-hydroxylation sites is 1. The van der Waals surface area contributed by atoms with Crippen LogP contribution in [-0.4, -0.2) is 18.0 Å². The standard InChI is InChI=1S/C25H17ClFN3O3S/c1-32-21-12-16(11-19(26)23(21)33-14-15-6-8-18(27)9-7-15)10-17(13-28)24(31)30-25-29-20-4-2-3-5-22(20)34-25/h2-12H,14H2,1H3,(H,29,30,31)/b17-10+. The molecule has 1 aromatic heterocycles. The van der Waals surface area contributed by atoms with Gasteiger partial charge >= 0.3 is 0 Å². The Morgan fingerprint density at radius 2 is 2.00 bits per heavy atom. The summed E-state index contributed by atoms with van der Waals surface area (Å²) in [6.07, 6.45) is 1.40. The molecular formula is C25H17ClFN3O3S. The van der Waals surface area contributed by atoms with Crippen LogP contribution in [0.5, 0.6) is 11.5 Å². The predicted octanol–water partition coefficient (Wildman–Crippen LogP) is 6.22. The van der Waals surface area contributed by atoms with Gasteiger partial charge in [-0.2, -0.15) is 5.26 Å². The zero-order valence-corrected chi connectivity index (χ0v) is 19.4. The van der Waals surface area contributed by atoms with E-state index in [0.29, 0.717) is 22.2 Å². The van der Waals surface area contributed by atoms with Crippen LogP contribution in [0.4, 0.5) is 9.52 Å². The molecule has 0 saturated heterocycles. The van der Waals surface area contributed by atoms with Gasteiger partial charge in [-0.1, -0.05) is 47.2 Å². The Hall–Kier alpha value is -3.93. The van der Waals surface area contributed by atoms with Crippen molar-refractivity contribution in [2.24, 2.45) is 0 Å². The number of carbonyl (C=O) groups excluding carboxylic acids is 1. The van der Waals surface area contributed by atoms with Gasteiger partial charge in [0.2, 0.25) is 0 Å². The molecule has 0 saturated carbocycles. The minimum absolute atomic E-state index is 0.127. The highest BCUT2D eigenvalue weighted by Gasteiger charge is 2.16. The first kappa shape index (κ1) is 23.2. The van der Waals surface area contributed by atoms with Crippen molar-refractivity contribution in [3.63, 3.8) is 0 Å². The molecule has 0 aliphatic rings. The highest BCUT2D eigenvalue weighted by Crippen LogP contribution is 2.37. The fourth-order valence-corrected chi connectivity index (χ4v) is 4.24. The highest BCUT2D eigenvalue weighted by atomic mass is 35.5. The number of fused-ring (bicyclic) bond motifs is 1. The summed E-state index contributed by atoms with van der Waals surface area (Å²) < 4.78 is 25.2. The number of aromatic nitrogens is 1. The number of halogens is 2. The summed E-state index contributed by atoms with van der Waals surface area (Å²) in [7, 11) is 1.45. The fraction of sp³-hybridized carbons (Fsp3) is 0.0800. The molecule has 1 N–H and O–H groups in total. The number of thiazole rings is 1. The van der Waals surface area contributed by atoms with Crippen molar-refractivity contribution in [2.45, 2.75) is 6.61 Å². The minimum Gasteiger partial charge on any atom is -0.493 e. The van der Waals surface area contributed by atoms with Gasteiger partial charge < -0.3 is 9.47 Å². The number of nitrogens with one attached hydrogen (secondary N) is 1. The van der Waals surface area contributed by atoms with Gasteiger partial charge in [-0.3, -0.25) is 10.1 Å². The summed E-state index contributed by atoms with van der Waals surface area (Å²) in [5, 5.41) is 12.8. The van der Waals surface area contributed by atoms with Crippen LogP contribution in [0.15, 0.2) is 66.2 Å². The van der Waals surface area contributed by atoms with Gasteiger partial charge in [0, 0.05) is 0 Å². The first-order valence-electron chi connectivity index (χ1n) is 10.0. The summed E-state index contributed by atoms with van der Waals surface area (Å²) in [6, 6.07) is 18.5. The van der Waals surface area contributed by atoms with Crippen molar-refractivity contribution < 1.29 is 18.7 Å². The van der Waals surface area contributed by atoms with E-state index in [4.69, 9.17) is 21.1 Å². The molecule has 0 aliphatic carbocycles. The van der Waals surface area contributed by atoms with Crippen LogP contribution in [0.3, 0.4) is 0 Å². The number of benzene rings is 3. The fourth-order valence-electron chi connectivity index (χ4n) is 3.10. The molecular weight excluding hydrogens is 477 g/mol. The lowest BCUT2D eigenvalue weighted by Crippen LogP contribution is -2.13. The molecule has 1 heterocycles. The number of anilines is 1. The Balaban J connectivity index is 1.53. The summed E-state index contributed by atoms with van der Waals surface area (Å²) in [5.41, 5.74) is 1.86. The predicted molar refractivity (Wildman–Crippen MR) is 131 cm³/mol. The normalized spacial score (nSPS) is 11.2. The van der Waals surface area contributed by atoms with Gasteiger partial charge in [0.05, 0.1) is 22.3 Å². The number of rotatable bonds is 7. The molecule has 170 valence electrons. The topological polar surface area (TPSA) is 84.2 Å². The summed E-state index contributed by atoms with van der Waals surface area (Å²) in [4.78, 5) is 17.0. The highest BCUT2D eigenvalue weighted by molar-refractivity contribution is 7.22. The quantitative estimate of drug-likeness (QED) is 0.244. The number of nitriles is 1. The molecule has 4 rings (SSSR count). The van der Waals surface area contributed by atoms with Crippen molar-refractivity contribution in [3.8, 4) is 17.6 Å². The van der Waals surface area contributed by atoms with Gasteiger partial charge in [-0.05, 0) is 53.6 Å². The van der Waals surface area contributed by atoms with Gasteiger partial charge in [0.15, 0.2) is 16.6 Å². The maximum Gasteiger partial charge on any atom is 0.268 e. The summed E-state index contributed by atoms with van der Waals surface area (Å²) >= 11 is 7.72. The SMILES string of the molecule is COc1cc(/C=C(\C#N)C(=O)Nc2nc3ccccc3s2)cc(Cl)c1OCc1ccc(F)cc1. The van der Waals surface area contributed by atoms with Gasteiger partial charge in [-0.15, -0.1) is 0 Å². The summed E-state index contributed by atoms with van der Waals surface area (Å²) in [5.74, 6) is -0.308. The second-order valence-corrected chi connectivity index (χ2v) is 8.50. The van der Waals surface area contributed by atoms with Crippen LogP contribution in [0.1, 0.15) is 11.1 Å². The Morgan fingerprint density at radius 3 is 2.71 bits per heavy atom. The molecule has 0 spiro atoms. The van der Waals surface area contributed by atoms with E-state index in [2.05, 4.69) is 10.3 Å². The minimum atomic E-state index is -0.590. The van der Waals surface area contributed by atoms with Crippen LogP contribution in [0.2, 0.25) is 5.02 Å². The zero-order valence-electron chi connectivity index (χ0n) is 17.8. The second kappa shape index (κ2) is 10.3. The monoisotopic (exact) mass is 493 g/mol. The van der Waals surface area contributed by atoms with E-state index in [1.54, 1.807) is 24.3 Å². The lowest BCUT2D eigenvalue weighted by molar-refractivity contribution is -0.112. The number of nitrogens with zero attached hydrogens (tertiary/aromatic N) is 2. The molecule has 0 atom stereocenters. The van der Waals surface area contributed by atoms with E-state index in [1.807, 2.05) is 30.3 Å². The van der Waals surface area contributed by atoms with E-state index in [-0.39, 0.29) is 23.0 Å². The third kappa shape index (κ3) is 5.34. The second-order valence-electron chi connectivity index (χ2n) is 7.06. The number of hydrogen-bond acceptors (Lipinski definition) is 6. The number of methoxy groups -OCH3 is 1. The Labute approximate surface area is 203 Å². The molecule has 3 aromatic carbocycles. The molecule has 0 fully saturated rings. The van der Waals surface area contributed by atoms with E-state index in [0.717, 1.165) is 15.8 Å². The Morgan fingerprint density at radius 1 is 1.24 bits per heavy atom. The molecule has 0 aliphatic heterocycles. The maximum atomic E-state index is 13.1. The average Bonchev–Trinajstić information content (AvgIpc) is 3.24. The lowest BCUT2D eigenvalue weighted by Gasteiger charge is -2.13. The largest absolute Gasteiger partial charge is 0.493 e. The van der Waals surface area contributed by atoms with Gasteiger partial charge in [-0.25, -0.2) is 9.37 Å². The molecule has 0 unspecified atom stereocenters. The van der Waals surface area contributed by atoms with Crippen LogP contribution in [0.25, 0.3) is 16.3 Å². The van der Waals surface area contributed by atoms with Gasteiger partial charge in [0.25, 0.3) is 5.91 Å². The molecule has 1 amide bonds. The first-order valence-corrected chi connectivity index (χ1v) is 11.2. The summed E-state index contributed by atoms with van der Waals surface area (Å²) in [6.45, 7) is 0.152. The molecule has 6 nitrogen and oxygen atoms in total. The molecule has 0 bridgehead atoms. The van der Waals surface area contributed by atoms with E-state index < -0.39 is 5.91 Å². The Kier molecular flexibility index (Phi) is 7.07. The third-order valence-electron chi connectivity index (χ3n) is 4.74. The van der Waals surface area contributed by atoms with E-state index >= 15 is 0 Å². The van der Waals surface area contributed by atoms with Crippen molar-refractivity contribution in [1.82, 2.24) is 4.98 Å². The van der Waals surface area contributed by atoms with Crippen LogP contribution >= 0.6 is 22.9 Å². The molecule has 0 radical (unpaired) electrons. The van der Waals surface area contributed by atoms with Crippen molar-refractivity contribution in [1.29, 1.82) is 5.26 Å². The molecule has 9 heteroatoms. The third-order valence-corrected chi connectivity index (χ3v) is 5.97. The molecule has 34 heavy (non-hydrogen) atoms. The lowest BCUT2D eigenvalue weighted by atomic mass is 10.1. The van der Waals surface area contributed by atoms with Crippen LogP contribution in [-0.2, 0) is 11.4 Å². The smallest absolute Gasteiger partial charge is 0.268 e. The number of amides is 1. The number of carbonyl (C=O) groups is 1. The number of hydrogen-bond donors (Lipinski definition) is 1. The van der Waals surface area contributed by atoms with Crippen molar-refractivity contribution in [2.75, 3.05) is 12.4 Å². The maximum absolute atomic E-state index is 13.1. The van der Waals surface area contributed by atoms with Crippen molar-refractivity contribution in [3.05, 3.63) is 88.2 Å². The van der Waals surface area contributed by atoms with Crippen LogP contribution in [0, 0.1) is 17.1 Å². The first-order chi connectivity index (χ1) is 16.5. The Bertz CT molecular complexity index is 1390. The van der Waals surface area contributed by atoms with Gasteiger partial charge in [0.1, 0.15) is 24.1 Å².